The predicted octanol–water partition coefficient (Wildman–Crippen LogP) is -4.72. The second kappa shape index (κ2) is 20.4. The number of rotatable bonds is 17. The Morgan fingerprint density at radius 3 is 1.97 bits per heavy atom. The minimum atomic E-state index is -1.84. The standard InChI is InChI=1S/C16H33N3O10.H2O2/c20-6-1-12(24)15(29-28)14(26)16(27)19-5-3-17-2-4-18-13(25)8-10(22)7-11(23)9-21;1-2/h10-12,14-15,17,20-24,26,28H,1-9H2,(H,18,25)(H,19,27);1-2H/t10-,11-,12+,14+,15-;/m0./s1. The normalized spacial score (nSPS) is 15.6. The highest BCUT2D eigenvalue weighted by molar-refractivity contribution is 5.81. The summed E-state index contributed by atoms with van der Waals surface area (Å²) >= 11 is 0. The molecule has 2 amide bonds. The number of carbonyl (C=O) groups is 2. The van der Waals surface area contributed by atoms with Crippen molar-refractivity contribution >= 4 is 11.8 Å². The molecule has 0 aliphatic rings. The minimum Gasteiger partial charge on any atom is -0.396 e. The number of aliphatic hydroxyl groups is 6. The Hall–Kier alpha value is -1.50. The molecule has 12 N–H and O–H groups in total. The molecule has 0 spiro atoms. The molecule has 0 saturated carbocycles. The number of aliphatic hydroxyl groups excluding tert-OH is 6. The van der Waals surface area contributed by atoms with E-state index in [2.05, 4.69) is 20.8 Å². The van der Waals surface area contributed by atoms with Gasteiger partial charge >= 0.3 is 0 Å². The molecule has 0 aromatic rings. The Morgan fingerprint density at radius 1 is 0.871 bits per heavy atom. The van der Waals surface area contributed by atoms with E-state index in [0.717, 1.165) is 0 Å². The van der Waals surface area contributed by atoms with E-state index < -0.39 is 55.5 Å². The molecule has 0 fully saturated rings. The van der Waals surface area contributed by atoms with Crippen molar-refractivity contribution in [2.45, 2.75) is 49.8 Å². The van der Waals surface area contributed by atoms with Gasteiger partial charge in [-0.25, -0.2) is 4.89 Å². The van der Waals surface area contributed by atoms with Gasteiger partial charge in [-0.1, -0.05) is 0 Å². The molecule has 15 nitrogen and oxygen atoms in total. The lowest BCUT2D eigenvalue weighted by atomic mass is 10.1. The van der Waals surface area contributed by atoms with Crippen molar-refractivity contribution in [3.63, 3.8) is 0 Å². The van der Waals surface area contributed by atoms with E-state index in [0.29, 0.717) is 13.1 Å². The first-order valence-electron chi connectivity index (χ1n) is 9.46. The minimum absolute atomic E-state index is 0.104. The number of carbonyl (C=O) groups excluding carboxylic acids is 2. The fraction of sp³-hybridized carbons (Fsp3) is 0.875. The molecular formula is C16H35N3O12. The van der Waals surface area contributed by atoms with Crippen LogP contribution in [0.4, 0.5) is 0 Å². The van der Waals surface area contributed by atoms with E-state index in [1.165, 1.54) is 0 Å². The van der Waals surface area contributed by atoms with E-state index in [4.69, 9.17) is 31.1 Å². The summed E-state index contributed by atoms with van der Waals surface area (Å²) in [6.07, 6.45) is -7.51. The van der Waals surface area contributed by atoms with Crippen LogP contribution >= 0.6 is 0 Å². The molecule has 0 heterocycles. The van der Waals surface area contributed by atoms with Crippen LogP contribution < -0.4 is 16.0 Å². The number of nitrogens with one attached hydrogen (secondary N) is 3. The Labute approximate surface area is 178 Å². The van der Waals surface area contributed by atoms with Crippen LogP contribution in [0.1, 0.15) is 19.3 Å². The summed E-state index contributed by atoms with van der Waals surface area (Å²) in [5.41, 5.74) is 0. The maximum absolute atomic E-state index is 11.8. The summed E-state index contributed by atoms with van der Waals surface area (Å²) in [6.45, 7) is 0.0986. The lowest BCUT2D eigenvalue weighted by Gasteiger charge is -2.23. The molecule has 0 aliphatic heterocycles. The van der Waals surface area contributed by atoms with Gasteiger partial charge in [-0.2, -0.15) is 0 Å². The highest BCUT2D eigenvalue weighted by atomic mass is 17.1. The van der Waals surface area contributed by atoms with Crippen LogP contribution in [0.3, 0.4) is 0 Å². The summed E-state index contributed by atoms with van der Waals surface area (Å²) in [5, 5.41) is 84.0. The third-order valence-corrected chi connectivity index (χ3v) is 3.91. The van der Waals surface area contributed by atoms with Gasteiger partial charge in [0.1, 0.15) is 0 Å². The molecule has 0 aromatic heterocycles. The molecule has 0 aliphatic carbocycles. The highest BCUT2D eigenvalue weighted by Gasteiger charge is 2.33. The molecule has 186 valence electrons. The van der Waals surface area contributed by atoms with Gasteiger partial charge < -0.3 is 46.6 Å². The highest BCUT2D eigenvalue weighted by Crippen LogP contribution is 2.08. The van der Waals surface area contributed by atoms with Gasteiger partial charge in [-0.3, -0.25) is 25.4 Å². The van der Waals surface area contributed by atoms with Crippen molar-refractivity contribution in [1.82, 2.24) is 16.0 Å². The van der Waals surface area contributed by atoms with Crippen molar-refractivity contribution in [3.05, 3.63) is 0 Å². The van der Waals surface area contributed by atoms with Crippen molar-refractivity contribution < 1.29 is 60.9 Å². The first kappa shape index (κ1) is 31.7. The van der Waals surface area contributed by atoms with E-state index in [1.54, 1.807) is 0 Å². The molecule has 0 saturated heterocycles. The summed E-state index contributed by atoms with van der Waals surface area (Å²) in [4.78, 5) is 27.2. The first-order chi connectivity index (χ1) is 14.8. The average molecular weight is 461 g/mol. The van der Waals surface area contributed by atoms with Crippen LogP contribution in [-0.2, 0) is 14.5 Å². The fourth-order valence-corrected chi connectivity index (χ4v) is 2.34. The first-order valence-corrected chi connectivity index (χ1v) is 9.46. The molecule has 0 radical (unpaired) electrons. The van der Waals surface area contributed by atoms with Crippen molar-refractivity contribution in [2.75, 3.05) is 39.4 Å². The molecule has 0 aromatic carbocycles. The van der Waals surface area contributed by atoms with Crippen LogP contribution in [0.25, 0.3) is 0 Å². The molecule has 5 atom stereocenters. The SMILES string of the molecule is O=C(C[C@@H](O)C[C@H](O)CO)NCCNCCNC(=O)[C@H](O)[C@@H](OO)[C@H](O)CCO.OO. The molecule has 0 unspecified atom stereocenters. The molecular weight excluding hydrogens is 426 g/mol. The van der Waals surface area contributed by atoms with Crippen LogP contribution in [0.2, 0.25) is 0 Å². The predicted molar refractivity (Wildman–Crippen MR) is 104 cm³/mol. The van der Waals surface area contributed by atoms with Crippen molar-refractivity contribution in [2.24, 2.45) is 0 Å². The number of amides is 2. The second-order valence-corrected chi connectivity index (χ2v) is 6.42. The molecule has 0 rings (SSSR count). The smallest absolute Gasteiger partial charge is 0.251 e. The largest absolute Gasteiger partial charge is 0.396 e. The van der Waals surface area contributed by atoms with Gasteiger partial charge in [-0.15, -0.1) is 0 Å². The van der Waals surface area contributed by atoms with Crippen LogP contribution in [0.15, 0.2) is 0 Å². The molecule has 15 heteroatoms. The topological polar surface area (TPSA) is 262 Å². The van der Waals surface area contributed by atoms with Gasteiger partial charge in [0.15, 0.2) is 12.2 Å². The Bertz CT molecular complexity index is 460. The van der Waals surface area contributed by atoms with Gasteiger partial charge in [0.25, 0.3) is 5.91 Å². The lowest BCUT2D eigenvalue weighted by molar-refractivity contribution is -0.312. The van der Waals surface area contributed by atoms with E-state index in [-0.39, 0.29) is 32.4 Å². The van der Waals surface area contributed by atoms with E-state index in [9.17, 15) is 24.9 Å². The monoisotopic (exact) mass is 461 g/mol. The summed E-state index contributed by atoms with van der Waals surface area (Å²) in [6, 6.07) is 0. The average Bonchev–Trinajstić information content (AvgIpc) is 2.74. The van der Waals surface area contributed by atoms with Gasteiger partial charge in [0, 0.05) is 39.2 Å². The van der Waals surface area contributed by atoms with Gasteiger partial charge in [0.05, 0.1) is 31.3 Å². The summed E-state index contributed by atoms with van der Waals surface area (Å²) < 4.78 is 0. The van der Waals surface area contributed by atoms with Crippen LogP contribution in [0, 0.1) is 0 Å². The third kappa shape index (κ3) is 15.9. The van der Waals surface area contributed by atoms with Crippen molar-refractivity contribution in [1.29, 1.82) is 0 Å². The van der Waals surface area contributed by atoms with Crippen molar-refractivity contribution in [3.8, 4) is 0 Å². The maximum Gasteiger partial charge on any atom is 0.251 e. The quantitative estimate of drug-likeness (QED) is 0.0552. The zero-order valence-electron chi connectivity index (χ0n) is 17.0. The number of hydrogen-bond acceptors (Lipinski definition) is 13. The Balaban J connectivity index is 0. The van der Waals surface area contributed by atoms with Crippen LogP contribution in [-0.4, -0.2) is 128 Å². The Morgan fingerprint density at radius 2 is 1.45 bits per heavy atom. The van der Waals surface area contributed by atoms with Crippen LogP contribution in [0.5, 0.6) is 0 Å². The summed E-state index contributed by atoms with van der Waals surface area (Å²) in [7, 11) is 0. The lowest BCUT2D eigenvalue weighted by Crippen LogP contribution is -2.49. The Kier molecular flexibility index (Phi) is 20.9. The van der Waals surface area contributed by atoms with Gasteiger partial charge in [0.2, 0.25) is 5.91 Å². The zero-order valence-corrected chi connectivity index (χ0v) is 17.0. The maximum atomic E-state index is 11.8. The van der Waals surface area contributed by atoms with E-state index >= 15 is 0 Å². The molecule has 0 bridgehead atoms. The van der Waals surface area contributed by atoms with E-state index in [1.807, 2.05) is 0 Å². The number of hydrogen-bond donors (Lipinski definition) is 12. The summed E-state index contributed by atoms with van der Waals surface area (Å²) in [5.74, 6) is -1.30. The zero-order chi connectivity index (χ0) is 24.2. The third-order valence-electron chi connectivity index (χ3n) is 3.91. The second-order valence-electron chi connectivity index (χ2n) is 6.42. The fourth-order valence-electron chi connectivity index (χ4n) is 2.34. The van der Waals surface area contributed by atoms with Gasteiger partial charge in [-0.05, 0) is 6.42 Å². The molecule has 31 heavy (non-hydrogen) atoms.